The quantitative estimate of drug-likeness (QED) is 0.241. The van der Waals surface area contributed by atoms with Crippen molar-refractivity contribution in [3.8, 4) is 0 Å². The van der Waals surface area contributed by atoms with Crippen LogP contribution < -0.4 is 16.9 Å². The first kappa shape index (κ1) is 12.0. The van der Waals surface area contributed by atoms with Gasteiger partial charge in [0.25, 0.3) is 0 Å². The van der Waals surface area contributed by atoms with Gasteiger partial charge in [0.15, 0.2) is 0 Å². The number of nitrogens with zero attached hydrogens (tertiary/aromatic N) is 1. The van der Waals surface area contributed by atoms with E-state index in [1.165, 1.54) is 6.34 Å². The average molecular weight is 222 g/mol. The molecule has 1 atom stereocenters. The normalized spacial score (nSPS) is 12.6. The van der Waals surface area contributed by atoms with Gasteiger partial charge in [-0.25, -0.2) is 0 Å². The molecule has 1 aromatic carbocycles. The largest absolute Gasteiger partial charge is 0.480 e. The molecule has 1 aromatic rings. The molecule has 16 heavy (non-hydrogen) atoms. The van der Waals surface area contributed by atoms with E-state index in [0.717, 1.165) is 11.3 Å². The summed E-state index contributed by atoms with van der Waals surface area (Å²) < 4.78 is 0. The number of hydrogen-bond acceptors (Lipinski definition) is 4. The van der Waals surface area contributed by atoms with Crippen molar-refractivity contribution < 1.29 is 9.90 Å². The third kappa shape index (κ3) is 3.58. The summed E-state index contributed by atoms with van der Waals surface area (Å²) in [4.78, 5) is 10.5. The number of hydrazone groups is 1. The summed E-state index contributed by atoms with van der Waals surface area (Å²) in [6.07, 6.45) is 1.67. The molecule has 0 aliphatic rings. The zero-order chi connectivity index (χ0) is 12.0. The van der Waals surface area contributed by atoms with Crippen LogP contribution in [0.1, 0.15) is 5.56 Å². The Morgan fingerprint density at radius 3 is 2.62 bits per heavy atom. The average Bonchev–Trinajstić information content (AvgIpc) is 2.28. The summed E-state index contributed by atoms with van der Waals surface area (Å²) in [5.74, 6) is 3.93. The van der Waals surface area contributed by atoms with Crippen LogP contribution in [0, 0.1) is 0 Å². The van der Waals surface area contributed by atoms with Gasteiger partial charge in [0.05, 0.1) is 0 Å². The standard InChI is InChI=1S/C10H14N4O2/c11-9(10(15)16)5-7-1-3-8(4-2-7)13-6-14-12/h1-4,6,9H,5,11-12H2,(H,13,14)(H,15,16)/t9-/m0/s1. The Labute approximate surface area is 92.9 Å². The molecule has 0 saturated carbocycles. The number of anilines is 1. The summed E-state index contributed by atoms with van der Waals surface area (Å²) in [5, 5.41) is 14.8. The highest BCUT2D eigenvalue weighted by molar-refractivity contribution is 5.75. The fourth-order valence-corrected chi connectivity index (χ4v) is 1.19. The van der Waals surface area contributed by atoms with Crippen LogP contribution in [0.4, 0.5) is 5.69 Å². The molecule has 0 fully saturated rings. The molecule has 6 heteroatoms. The Hall–Kier alpha value is -2.08. The fourth-order valence-electron chi connectivity index (χ4n) is 1.19. The van der Waals surface area contributed by atoms with Crippen LogP contribution in [-0.2, 0) is 11.2 Å². The predicted octanol–water partition coefficient (Wildman–Crippen LogP) is -0.0451. The number of rotatable bonds is 5. The van der Waals surface area contributed by atoms with Gasteiger partial charge in [0, 0.05) is 5.69 Å². The Bertz CT molecular complexity index is 375. The van der Waals surface area contributed by atoms with Crippen molar-refractivity contribution in [1.82, 2.24) is 0 Å². The number of carbonyl (C=O) groups is 1. The number of benzene rings is 1. The number of hydrogen-bond donors (Lipinski definition) is 4. The van der Waals surface area contributed by atoms with Crippen molar-refractivity contribution >= 4 is 18.0 Å². The van der Waals surface area contributed by atoms with Gasteiger partial charge in [-0.2, -0.15) is 5.10 Å². The van der Waals surface area contributed by atoms with Gasteiger partial charge < -0.3 is 22.0 Å². The summed E-state index contributed by atoms with van der Waals surface area (Å²) in [6.45, 7) is 0. The highest BCUT2D eigenvalue weighted by Gasteiger charge is 2.11. The summed E-state index contributed by atoms with van der Waals surface area (Å²) in [6, 6.07) is 6.33. The third-order valence-corrected chi connectivity index (χ3v) is 2.03. The molecular weight excluding hydrogens is 208 g/mol. The Balaban J connectivity index is 2.60. The first-order valence-corrected chi connectivity index (χ1v) is 4.69. The molecule has 0 bridgehead atoms. The predicted molar refractivity (Wildman–Crippen MR) is 62.1 cm³/mol. The lowest BCUT2D eigenvalue weighted by Gasteiger charge is -2.07. The molecule has 0 aromatic heterocycles. The monoisotopic (exact) mass is 222 g/mol. The van der Waals surface area contributed by atoms with E-state index in [2.05, 4.69) is 10.4 Å². The molecule has 0 saturated heterocycles. The lowest BCUT2D eigenvalue weighted by atomic mass is 10.1. The molecule has 0 aliphatic carbocycles. The number of aliphatic carboxylic acids is 1. The van der Waals surface area contributed by atoms with Gasteiger partial charge in [-0.3, -0.25) is 4.79 Å². The number of nitrogens with one attached hydrogen (secondary N) is 1. The minimum atomic E-state index is -1.00. The van der Waals surface area contributed by atoms with Crippen molar-refractivity contribution in [3.05, 3.63) is 29.8 Å². The molecule has 0 amide bonds. The molecule has 0 heterocycles. The first-order valence-electron chi connectivity index (χ1n) is 4.69. The lowest BCUT2D eigenvalue weighted by Crippen LogP contribution is -2.32. The minimum absolute atomic E-state index is 0.306. The van der Waals surface area contributed by atoms with E-state index < -0.39 is 12.0 Å². The van der Waals surface area contributed by atoms with E-state index in [1.807, 2.05) is 0 Å². The molecule has 86 valence electrons. The summed E-state index contributed by atoms with van der Waals surface area (Å²) in [7, 11) is 0. The maximum atomic E-state index is 10.5. The Morgan fingerprint density at radius 1 is 1.50 bits per heavy atom. The van der Waals surface area contributed by atoms with Crippen LogP contribution in [-0.4, -0.2) is 23.5 Å². The van der Waals surface area contributed by atoms with E-state index in [0.29, 0.717) is 6.42 Å². The van der Waals surface area contributed by atoms with Crippen LogP contribution in [0.3, 0.4) is 0 Å². The van der Waals surface area contributed by atoms with E-state index in [-0.39, 0.29) is 0 Å². The summed E-state index contributed by atoms with van der Waals surface area (Å²) in [5.41, 5.74) is 7.10. The zero-order valence-corrected chi connectivity index (χ0v) is 8.63. The second-order valence-corrected chi connectivity index (χ2v) is 3.27. The van der Waals surface area contributed by atoms with Crippen LogP contribution in [0.25, 0.3) is 0 Å². The van der Waals surface area contributed by atoms with Crippen LogP contribution in [0.15, 0.2) is 29.4 Å². The van der Waals surface area contributed by atoms with Crippen molar-refractivity contribution in [2.24, 2.45) is 16.7 Å². The zero-order valence-electron chi connectivity index (χ0n) is 8.63. The van der Waals surface area contributed by atoms with Gasteiger partial charge in [-0.15, -0.1) is 0 Å². The molecule has 0 unspecified atom stereocenters. The first-order chi connectivity index (χ1) is 7.63. The molecule has 1 rings (SSSR count). The second kappa shape index (κ2) is 5.72. The molecular formula is C10H14N4O2. The van der Waals surface area contributed by atoms with E-state index in [9.17, 15) is 4.79 Å². The Morgan fingerprint density at radius 2 is 2.12 bits per heavy atom. The van der Waals surface area contributed by atoms with Gasteiger partial charge >= 0.3 is 5.97 Å². The maximum Gasteiger partial charge on any atom is 0.320 e. The highest BCUT2D eigenvalue weighted by atomic mass is 16.4. The van der Waals surface area contributed by atoms with E-state index in [1.54, 1.807) is 24.3 Å². The van der Waals surface area contributed by atoms with Crippen molar-refractivity contribution in [2.45, 2.75) is 12.5 Å². The molecule has 6 nitrogen and oxygen atoms in total. The van der Waals surface area contributed by atoms with Crippen molar-refractivity contribution in [3.63, 3.8) is 0 Å². The fraction of sp³-hybridized carbons (Fsp3) is 0.200. The van der Waals surface area contributed by atoms with Crippen LogP contribution in [0.2, 0.25) is 0 Å². The topological polar surface area (TPSA) is 114 Å². The second-order valence-electron chi connectivity index (χ2n) is 3.27. The minimum Gasteiger partial charge on any atom is -0.480 e. The molecule has 0 spiro atoms. The Kier molecular flexibility index (Phi) is 4.28. The van der Waals surface area contributed by atoms with Gasteiger partial charge in [0.2, 0.25) is 0 Å². The van der Waals surface area contributed by atoms with Gasteiger partial charge in [0.1, 0.15) is 12.4 Å². The van der Waals surface area contributed by atoms with Crippen LogP contribution >= 0.6 is 0 Å². The number of nitrogens with two attached hydrogens (primary N) is 2. The van der Waals surface area contributed by atoms with Crippen LogP contribution in [0.5, 0.6) is 0 Å². The van der Waals surface area contributed by atoms with Crippen molar-refractivity contribution in [2.75, 3.05) is 5.32 Å². The van der Waals surface area contributed by atoms with Gasteiger partial charge in [-0.1, -0.05) is 12.1 Å². The molecule has 0 aliphatic heterocycles. The smallest absolute Gasteiger partial charge is 0.320 e. The SMILES string of the molecule is NN=CNc1ccc(C[C@H](N)C(=O)O)cc1. The molecule has 6 N–H and O–H groups in total. The van der Waals surface area contributed by atoms with E-state index >= 15 is 0 Å². The highest BCUT2D eigenvalue weighted by Crippen LogP contribution is 2.10. The lowest BCUT2D eigenvalue weighted by molar-refractivity contribution is -0.138. The third-order valence-electron chi connectivity index (χ3n) is 2.03. The molecule has 0 radical (unpaired) electrons. The van der Waals surface area contributed by atoms with E-state index in [4.69, 9.17) is 16.7 Å². The maximum absolute atomic E-state index is 10.5. The summed E-state index contributed by atoms with van der Waals surface area (Å²) >= 11 is 0. The number of carboxylic acids is 1. The van der Waals surface area contributed by atoms with Crippen molar-refractivity contribution in [1.29, 1.82) is 0 Å². The number of carboxylic acid groups (broad SMARTS) is 1. The van der Waals surface area contributed by atoms with Gasteiger partial charge in [-0.05, 0) is 24.1 Å².